The summed E-state index contributed by atoms with van der Waals surface area (Å²) in [6.07, 6.45) is 0. The van der Waals surface area contributed by atoms with Crippen LogP contribution in [0.3, 0.4) is 0 Å². The summed E-state index contributed by atoms with van der Waals surface area (Å²) in [6, 6.07) is 18.0. The summed E-state index contributed by atoms with van der Waals surface area (Å²) >= 11 is 0. The number of hydrogen-bond donors (Lipinski definition) is 2. The molecule has 1 saturated heterocycles. The molecule has 0 aromatic heterocycles. The molecule has 0 saturated carbocycles. The highest BCUT2D eigenvalue weighted by atomic mass is 16.2. The SMILES string of the molecule is CN1CCN(C(=O)[C@@H](NC(=O)NCc2ccccc2)c2ccccc2)CC1. The molecular formula is C21H26N4O2. The predicted octanol–water partition coefficient (Wildman–Crippen LogP) is 2.00. The minimum atomic E-state index is -0.689. The highest BCUT2D eigenvalue weighted by molar-refractivity contribution is 5.88. The van der Waals surface area contributed by atoms with Crippen LogP contribution in [0.5, 0.6) is 0 Å². The van der Waals surface area contributed by atoms with Gasteiger partial charge in [0, 0.05) is 32.7 Å². The fourth-order valence-electron chi connectivity index (χ4n) is 3.10. The van der Waals surface area contributed by atoms with E-state index < -0.39 is 6.04 Å². The van der Waals surface area contributed by atoms with Crippen molar-refractivity contribution in [1.82, 2.24) is 20.4 Å². The summed E-state index contributed by atoms with van der Waals surface area (Å²) in [4.78, 5) is 29.5. The molecule has 27 heavy (non-hydrogen) atoms. The van der Waals surface area contributed by atoms with Crippen LogP contribution in [0.1, 0.15) is 17.2 Å². The Kier molecular flexibility index (Phi) is 6.44. The molecule has 0 radical (unpaired) electrons. The Morgan fingerprint density at radius 2 is 1.52 bits per heavy atom. The lowest BCUT2D eigenvalue weighted by atomic mass is 10.1. The summed E-state index contributed by atoms with van der Waals surface area (Å²) in [5, 5.41) is 5.69. The lowest BCUT2D eigenvalue weighted by Crippen LogP contribution is -2.52. The number of nitrogens with one attached hydrogen (secondary N) is 2. The van der Waals surface area contributed by atoms with Gasteiger partial charge in [-0.05, 0) is 18.2 Å². The Balaban J connectivity index is 1.66. The van der Waals surface area contributed by atoms with Crippen molar-refractivity contribution in [3.05, 3.63) is 71.8 Å². The molecule has 6 heteroatoms. The third kappa shape index (κ3) is 5.31. The molecular weight excluding hydrogens is 340 g/mol. The Morgan fingerprint density at radius 3 is 2.15 bits per heavy atom. The molecule has 6 nitrogen and oxygen atoms in total. The van der Waals surface area contributed by atoms with E-state index in [1.165, 1.54) is 0 Å². The van der Waals surface area contributed by atoms with Crippen LogP contribution in [0.4, 0.5) is 4.79 Å². The topological polar surface area (TPSA) is 64.7 Å². The second-order valence-electron chi connectivity index (χ2n) is 6.78. The molecule has 2 N–H and O–H groups in total. The van der Waals surface area contributed by atoms with Crippen LogP contribution < -0.4 is 10.6 Å². The zero-order chi connectivity index (χ0) is 19.1. The lowest BCUT2D eigenvalue weighted by molar-refractivity contribution is -0.135. The van der Waals surface area contributed by atoms with E-state index in [9.17, 15) is 9.59 Å². The molecule has 2 aromatic rings. The molecule has 1 atom stereocenters. The van der Waals surface area contributed by atoms with Crippen LogP contribution in [0, 0.1) is 0 Å². The van der Waals surface area contributed by atoms with Crippen molar-refractivity contribution < 1.29 is 9.59 Å². The first-order valence-corrected chi connectivity index (χ1v) is 9.24. The molecule has 3 rings (SSSR count). The van der Waals surface area contributed by atoms with Gasteiger partial charge in [-0.25, -0.2) is 4.79 Å². The number of urea groups is 1. The van der Waals surface area contributed by atoms with E-state index >= 15 is 0 Å². The summed E-state index contributed by atoms with van der Waals surface area (Å²) < 4.78 is 0. The molecule has 1 aliphatic rings. The first-order chi connectivity index (χ1) is 13.1. The minimum Gasteiger partial charge on any atom is -0.338 e. The van der Waals surface area contributed by atoms with Gasteiger partial charge in [-0.2, -0.15) is 0 Å². The molecule has 0 spiro atoms. The average molecular weight is 366 g/mol. The Hall–Kier alpha value is -2.86. The van der Waals surface area contributed by atoms with Crippen LogP contribution in [0.2, 0.25) is 0 Å². The third-order valence-electron chi connectivity index (χ3n) is 4.77. The molecule has 3 amide bonds. The van der Waals surface area contributed by atoms with E-state index in [-0.39, 0.29) is 11.9 Å². The second kappa shape index (κ2) is 9.19. The summed E-state index contributed by atoms with van der Waals surface area (Å²) in [7, 11) is 2.05. The number of carbonyl (C=O) groups is 2. The van der Waals surface area contributed by atoms with Crippen molar-refractivity contribution in [2.45, 2.75) is 12.6 Å². The van der Waals surface area contributed by atoms with Gasteiger partial charge in [0.25, 0.3) is 0 Å². The predicted molar refractivity (Wildman–Crippen MR) is 105 cm³/mol. The minimum absolute atomic E-state index is 0.0656. The monoisotopic (exact) mass is 366 g/mol. The van der Waals surface area contributed by atoms with Crippen molar-refractivity contribution in [3.8, 4) is 0 Å². The molecule has 1 fully saturated rings. The fraction of sp³-hybridized carbons (Fsp3) is 0.333. The van der Waals surface area contributed by atoms with E-state index in [0.29, 0.717) is 19.6 Å². The number of nitrogens with zero attached hydrogens (tertiary/aromatic N) is 2. The van der Waals surface area contributed by atoms with Gasteiger partial charge >= 0.3 is 6.03 Å². The average Bonchev–Trinajstić information content (AvgIpc) is 2.72. The number of likely N-dealkylation sites (N-methyl/N-ethyl adjacent to an activating group) is 1. The van der Waals surface area contributed by atoms with Crippen molar-refractivity contribution in [2.75, 3.05) is 33.2 Å². The number of carbonyl (C=O) groups excluding carboxylic acids is 2. The quantitative estimate of drug-likeness (QED) is 0.851. The summed E-state index contributed by atoms with van der Waals surface area (Å²) in [6.45, 7) is 3.44. The molecule has 1 aliphatic heterocycles. The van der Waals surface area contributed by atoms with Crippen LogP contribution >= 0.6 is 0 Å². The third-order valence-corrected chi connectivity index (χ3v) is 4.77. The van der Waals surface area contributed by atoms with Gasteiger partial charge in [0.1, 0.15) is 6.04 Å². The first-order valence-electron chi connectivity index (χ1n) is 9.24. The van der Waals surface area contributed by atoms with Crippen molar-refractivity contribution in [1.29, 1.82) is 0 Å². The molecule has 0 aliphatic carbocycles. The fourth-order valence-corrected chi connectivity index (χ4v) is 3.10. The maximum atomic E-state index is 13.1. The van der Waals surface area contributed by atoms with E-state index in [2.05, 4.69) is 15.5 Å². The van der Waals surface area contributed by atoms with Gasteiger partial charge in [-0.3, -0.25) is 4.79 Å². The van der Waals surface area contributed by atoms with Crippen LogP contribution in [-0.4, -0.2) is 55.0 Å². The smallest absolute Gasteiger partial charge is 0.315 e. The van der Waals surface area contributed by atoms with Crippen LogP contribution in [0.25, 0.3) is 0 Å². The molecule has 0 unspecified atom stereocenters. The van der Waals surface area contributed by atoms with Crippen LogP contribution in [-0.2, 0) is 11.3 Å². The summed E-state index contributed by atoms with van der Waals surface area (Å²) in [5.74, 6) is -0.0656. The normalized spacial score (nSPS) is 15.8. The summed E-state index contributed by atoms with van der Waals surface area (Å²) in [5.41, 5.74) is 1.80. The van der Waals surface area contributed by atoms with Crippen molar-refractivity contribution in [3.63, 3.8) is 0 Å². The lowest BCUT2D eigenvalue weighted by Gasteiger charge is -2.34. The maximum absolute atomic E-state index is 13.1. The first kappa shape index (κ1) is 18.9. The van der Waals surface area contributed by atoms with Gasteiger partial charge in [-0.15, -0.1) is 0 Å². The van der Waals surface area contributed by atoms with Crippen LogP contribution in [0.15, 0.2) is 60.7 Å². The highest BCUT2D eigenvalue weighted by Crippen LogP contribution is 2.17. The number of amides is 3. The van der Waals surface area contributed by atoms with Gasteiger partial charge in [0.05, 0.1) is 0 Å². The second-order valence-corrected chi connectivity index (χ2v) is 6.78. The molecule has 142 valence electrons. The Morgan fingerprint density at radius 1 is 0.926 bits per heavy atom. The van der Waals surface area contributed by atoms with E-state index in [1.54, 1.807) is 0 Å². The molecule has 1 heterocycles. The van der Waals surface area contributed by atoms with Crippen molar-refractivity contribution >= 4 is 11.9 Å². The van der Waals surface area contributed by atoms with E-state index in [1.807, 2.05) is 72.6 Å². The number of rotatable bonds is 5. The van der Waals surface area contributed by atoms with Gasteiger partial charge in [-0.1, -0.05) is 60.7 Å². The Bertz CT molecular complexity index is 743. The van der Waals surface area contributed by atoms with Gasteiger partial charge < -0.3 is 20.4 Å². The van der Waals surface area contributed by atoms with Gasteiger partial charge in [0.15, 0.2) is 0 Å². The van der Waals surface area contributed by atoms with Gasteiger partial charge in [0.2, 0.25) is 5.91 Å². The highest BCUT2D eigenvalue weighted by Gasteiger charge is 2.29. The van der Waals surface area contributed by atoms with Crippen molar-refractivity contribution in [2.24, 2.45) is 0 Å². The number of piperazine rings is 1. The zero-order valence-corrected chi connectivity index (χ0v) is 15.6. The largest absolute Gasteiger partial charge is 0.338 e. The number of benzene rings is 2. The molecule has 0 bridgehead atoms. The van der Waals surface area contributed by atoms with E-state index in [0.717, 1.165) is 24.2 Å². The Labute approximate surface area is 160 Å². The van der Waals surface area contributed by atoms with E-state index in [4.69, 9.17) is 0 Å². The maximum Gasteiger partial charge on any atom is 0.315 e. The number of hydrogen-bond acceptors (Lipinski definition) is 3. The standard InChI is InChI=1S/C21H26N4O2/c1-24-12-14-25(15-13-24)20(26)19(18-10-6-3-7-11-18)23-21(27)22-16-17-8-4-2-5-9-17/h2-11,19H,12-16H2,1H3,(H2,22,23,27)/t19-/m0/s1. The molecule has 2 aromatic carbocycles. The zero-order valence-electron chi connectivity index (χ0n) is 15.6.